The van der Waals surface area contributed by atoms with Gasteiger partial charge in [0.15, 0.2) is 5.78 Å². The van der Waals surface area contributed by atoms with Gasteiger partial charge in [0.1, 0.15) is 11.6 Å². The van der Waals surface area contributed by atoms with Crippen LogP contribution in [0.2, 0.25) is 0 Å². The predicted molar refractivity (Wildman–Crippen MR) is 74.9 cm³/mol. The fourth-order valence-corrected chi connectivity index (χ4v) is 2.23. The molecule has 19 heavy (non-hydrogen) atoms. The standard InChI is InChI=1S/C14H11BrFNO2/c1-19-13-5-2-8(6-11(13)15)14(18)10-7-9(16)3-4-12(10)17/h2-7H,17H2,1H3. The number of rotatable bonds is 3. The van der Waals surface area contributed by atoms with E-state index in [1.165, 1.54) is 19.2 Å². The quantitative estimate of drug-likeness (QED) is 0.695. The van der Waals surface area contributed by atoms with Crippen molar-refractivity contribution >= 4 is 27.4 Å². The molecule has 2 aromatic carbocycles. The van der Waals surface area contributed by atoms with E-state index in [1.807, 2.05) is 0 Å². The Kier molecular flexibility index (Phi) is 3.85. The molecule has 0 aliphatic rings. The number of nitrogen functional groups attached to an aromatic ring is 1. The molecule has 0 bridgehead atoms. The summed E-state index contributed by atoms with van der Waals surface area (Å²) < 4.78 is 18.9. The van der Waals surface area contributed by atoms with Crippen LogP contribution >= 0.6 is 15.9 Å². The van der Waals surface area contributed by atoms with Gasteiger partial charge >= 0.3 is 0 Å². The molecule has 2 aromatic rings. The maximum absolute atomic E-state index is 13.2. The molecule has 5 heteroatoms. The summed E-state index contributed by atoms with van der Waals surface area (Å²) in [5.41, 5.74) is 6.50. The molecular weight excluding hydrogens is 313 g/mol. The lowest BCUT2D eigenvalue weighted by Crippen LogP contribution is -2.06. The van der Waals surface area contributed by atoms with Crippen molar-refractivity contribution in [1.29, 1.82) is 0 Å². The van der Waals surface area contributed by atoms with Crippen LogP contribution in [-0.4, -0.2) is 12.9 Å². The summed E-state index contributed by atoms with van der Waals surface area (Å²) in [5, 5.41) is 0. The van der Waals surface area contributed by atoms with Crippen LogP contribution in [0.3, 0.4) is 0 Å². The number of ketones is 1. The number of hydrogen-bond donors (Lipinski definition) is 1. The SMILES string of the molecule is COc1ccc(C(=O)c2cc(F)ccc2N)cc1Br. The molecule has 0 spiro atoms. The van der Waals surface area contributed by atoms with E-state index in [0.29, 0.717) is 15.8 Å². The minimum Gasteiger partial charge on any atom is -0.496 e. The number of carbonyl (C=O) groups is 1. The van der Waals surface area contributed by atoms with Gasteiger partial charge in [0.2, 0.25) is 0 Å². The lowest BCUT2D eigenvalue weighted by molar-refractivity contribution is 0.103. The molecule has 0 aliphatic carbocycles. The highest BCUT2D eigenvalue weighted by Gasteiger charge is 2.14. The number of methoxy groups -OCH3 is 1. The molecule has 0 saturated carbocycles. The van der Waals surface area contributed by atoms with Crippen molar-refractivity contribution in [2.75, 3.05) is 12.8 Å². The van der Waals surface area contributed by atoms with Gasteiger partial charge in [0.05, 0.1) is 11.6 Å². The maximum atomic E-state index is 13.2. The second-order valence-electron chi connectivity index (χ2n) is 3.91. The van der Waals surface area contributed by atoms with Crippen LogP contribution in [0, 0.1) is 5.82 Å². The third kappa shape index (κ3) is 2.76. The first-order valence-electron chi connectivity index (χ1n) is 5.46. The normalized spacial score (nSPS) is 10.3. The van der Waals surface area contributed by atoms with Crippen molar-refractivity contribution in [3.05, 3.63) is 57.8 Å². The average molecular weight is 324 g/mol. The summed E-state index contributed by atoms with van der Waals surface area (Å²) in [6.45, 7) is 0. The molecule has 0 heterocycles. The van der Waals surface area contributed by atoms with Crippen LogP contribution in [0.25, 0.3) is 0 Å². The number of halogens is 2. The van der Waals surface area contributed by atoms with E-state index in [4.69, 9.17) is 10.5 Å². The van der Waals surface area contributed by atoms with Crippen molar-refractivity contribution in [3.63, 3.8) is 0 Å². The molecule has 0 amide bonds. The largest absolute Gasteiger partial charge is 0.496 e. The van der Waals surface area contributed by atoms with Gasteiger partial charge in [-0.1, -0.05) is 0 Å². The average Bonchev–Trinajstić information content (AvgIpc) is 2.40. The molecule has 0 atom stereocenters. The van der Waals surface area contributed by atoms with Gasteiger partial charge in [-0.05, 0) is 52.3 Å². The van der Waals surface area contributed by atoms with Crippen LogP contribution in [0.1, 0.15) is 15.9 Å². The second kappa shape index (κ2) is 5.40. The van der Waals surface area contributed by atoms with Gasteiger partial charge in [-0.2, -0.15) is 0 Å². The van der Waals surface area contributed by atoms with E-state index in [9.17, 15) is 9.18 Å². The zero-order valence-corrected chi connectivity index (χ0v) is 11.7. The van der Waals surface area contributed by atoms with Crippen molar-refractivity contribution < 1.29 is 13.9 Å². The molecule has 98 valence electrons. The summed E-state index contributed by atoms with van der Waals surface area (Å²) >= 11 is 3.30. The Morgan fingerprint density at radius 2 is 2.00 bits per heavy atom. The molecule has 0 fully saturated rings. The first-order valence-corrected chi connectivity index (χ1v) is 6.25. The first kappa shape index (κ1) is 13.5. The molecule has 0 aliphatic heterocycles. The van der Waals surface area contributed by atoms with E-state index >= 15 is 0 Å². The molecule has 0 aromatic heterocycles. The molecule has 3 nitrogen and oxygen atoms in total. The number of hydrogen-bond acceptors (Lipinski definition) is 3. The number of benzene rings is 2. The second-order valence-corrected chi connectivity index (χ2v) is 4.76. The molecule has 0 saturated heterocycles. The Bertz CT molecular complexity index is 643. The van der Waals surface area contributed by atoms with Gasteiger partial charge in [-0.25, -0.2) is 4.39 Å². The fourth-order valence-electron chi connectivity index (χ4n) is 1.69. The summed E-state index contributed by atoms with van der Waals surface area (Å²) in [7, 11) is 1.53. The van der Waals surface area contributed by atoms with Crippen LogP contribution in [-0.2, 0) is 0 Å². The van der Waals surface area contributed by atoms with Gasteiger partial charge in [0, 0.05) is 16.8 Å². The Morgan fingerprint density at radius 3 is 2.63 bits per heavy atom. The molecule has 2 rings (SSSR count). The Labute approximate surface area is 118 Å². The van der Waals surface area contributed by atoms with Crippen molar-refractivity contribution in [2.45, 2.75) is 0 Å². The van der Waals surface area contributed by atoms with E-state index in [2.05, 4.69) is 15.9 Å². The van der Waals surface area contributed by atoms with Crippen molar-refractivity contribution in [1.82, 2.24) is 0 Å². The van der Waals surface area contributed by atoms with E-state index < -0.39 is 5.82 Å². The van der Waals surface area contributed by atoms with Crippen LogP contribution in [0.5, 0.6) is 5.75 Å². The highest BCUT2D eigenvalue weighted by atomic mass is 79.9. The maximum Gasteiger partial charge on any atom is 0.195 e. The summed E-state index contributed by atoms with van der Waals surface area (Å²) in [4.78, 5) is 12.3. The van der Waals surface area contributed by atoms with E-state index in [0.717, 1.165) is 6.07 Å². The van der Waals surface area contributed by atoms with Crippen LogP contribution < -0.4 is 10.5 Å². The van der Waals surface area contributed by atoms with Gasteiger partial charge in [-0.15, -0.1) is 0 Å². The Balaban J connectivity index is 2.44. The van der Waals surface area contributed by atoms with E-state index in [-0.39, 0.29) is 17.0 Å². The highest BCUT2D eigenvalue weighted by Crippen LogP contribution is 2.27. The molecular formula is C14H11BrFNO2. The smallest absolute Gasteiger partial charge is 0.195 e. The number of nitrogens with two attached hydrogens (primary N) is 1. The highest BCUT2D eigenvalue weighted by molar-refractivity contribution is 9.10. The molecule has 0 unspecified atom stereocenters. The zero-order valence-electron chi connectivity index (χ0n) is 10.1. The topological polar surface area (TPSA) is 52.3 Å². The van der Waals surface area contributed by atoms with Gasteiger partial charge in [0.25, 0.3) is 0 Å². The number of ether oxygens (including phenoxy) is 1. The summed E-state index contributed by atoms with van der Waals surface area (Å²) in [5.74, 6) is -0.214. The Hall–Kier alpha value is -1.88. The Morgan fingerprint density at radius 1 is 1.26 bits per heavy atom. The van der Waals surface area contributed by atoms with Crippen LogP contribution in [0.4, 0.5) is 10.1 Å². The van der Waals surface area contributed by atoms with Gasteiger partial charge < -0.3 is 10.5 Å². The lowest BCUT2D eigenvalue weighted by Gasteiger charge is -2.07. The summed E-state index contributed by atoms with van der Waals surface area (Å²) in [6.07, 6.45) is 0. The molecule has 0 radical (unpaired) electrons. The zero-order chi connectivity index (χ0) is 14.0. The fraction of sp³-hybridized carbons (Fsp3) is 0.0714. The van der Waals surface area contributed by atoms with Gasteiger partial charge in [-0.3, -0.25) is 4.79 Å². The predicted octanol–water partition coefficient (Wildman–Crippen LogP) is 3.41. The third-order valence-corrected chi connectivity index (χ3v) is 3.29. The number of anilines is 1. The minimum absolute atomic E-state index is 0.150. The van der Waals surface area contributed by atoms with E-state index in [1.54, 1.807) is 18.2 Å². The van der Waals surface area contributed by atoms with Crippen molar-refractivity contribution in [2.24, 2.45) is 0 Å². The van der Waals surface area contributed by atoms with Crippen LogP contribution in [0.15, 0.2) is 40.9 Å². The molecule has 2 N–H and O–H groups in total. The first-order chi connectivity index (χ1) is 9.02. The monoisotopic (exact) mass is 323 g/mol. The number of carbonyl (C=O) groups excluding carboxylic acids is 1. The summed E-state index contributed by atoms with van der Waals surface area (Å²) in [6, 6.07) is 8.61. The van der Waals surface area contributed by atoms with Crippen molar-refractivity contribution in [3.8, 4) is 5.75 Å². The minimum atomic E-state index is -0.495. The lowest BCUT2D eigenvalue weighted by atomic mass is 10.0. The third-order valence-electron chi connectivity index (χ3n) is 2.67.